The number of benzene rings is 10. The molecule has 0 saturated carbocycles. The second-order valence-electron chi connectivity index (χ2n) is 17.8. The quantitative estimate of drug-likeness (QED) is 0.160. The Morgan fingerprint density at radius 3 is 1.03 bits per heavy atom. The largest absolute Gasteiger partial charge is 0.309 e. The summed E-state index contributed by atoms with van der Waals surface area (Å²) in [5, 5.41) is 7.35. The molecule has 4 heterocycles. The smallest absolute Gasteiger partial charge is 0.160 e. The summed E-state index contributed by atoms with van der Waals surface area (Å²) in [6, 6.07) is 89.4. The minimum Gasteiger partial charge on any atom is -0.309 e. The Hall–Kier alpha value is -9.32. The third kappa shape index (κ3) is 6.32. The van der Waals surface area contributed by atoms with Gasteiger partial charge in [-0.2, -0.15) is 0 Å². The highest BCUT2D eigenvalue weighted by atomic mass is 15.0. The summed E-state index contributed by atoms with van der Waals surface area (Å²) < 4.78 is 7.25. The van der Waals surface area contributed by atoms with E-state index >= 15 is 0 Å². The maximum atomic E-state index is 5.11. The molecule has 0 saturated heterocycles. The van der Waals surface area contributed by atoms with Crippen molar-refractivity contribution in [2.45, 2.75) is 0 Å². The molecule has 0 N–H and O–H groups in total. The van der Waals surface area contributed by atoms with Crippen molar-refractivity contribution in [3.8, 4) is 62.1 Å². The summed E-state index contributed by atoms with van der Waals surface area (Å²) >= 11 is 0. The normalized spacial score (nSPS) is 11.8. The molecule has 0 atom stereocenters. The SMILES string of the molecule is c1ccc(-c2cc(-c3ccccc3)nc(-c3ccc(-n4c5ccccc5c5cc(-c6cc(-n7c8ccccc8c8ccccc87)cc(-n7c8ccccc8c8ccccc87)c6)ccc54)cc3)n2)cc1. The van der Waals surface area contributed by atoms with E-state index in [1.54, 1.807) is 0 Å². The first-order chi connectivity index (χ1) is 34.2. The standard InChI is InChI=1S/C64H41N5/c1-3-17-42(18-4-1)56-41-57(43-19-5-2-6-20-43)66-64(65-56)44-31-34-47(35-32-44)67-62-30-16-11-25-54(62)55-39-45(33-36-63(55)67)46-37-48(68-58-26-12-7-21-50(58)51-22-8-13-27-59(51)68)40-49(38-46)69-60-28-14-9-23-52(60)53-24-10-15-29-61(53)69/h1-41H. The van der Waals surface area contributed by atoms with Crippen LogP contribution in [0, 0.1) is 0 Å². The van der Waals surface area contributed by atoms with Gasteiger partial charge < -0.3 is 13.7 Å². The molecule has 14 aromatic rings. The van der Waals surface area contributed by atoms with Gasteiger partial charge in [0.15, 0.2) is 5.82 Å². The lowest BCUT2D eigenvalue weighted by Gasteiger charge is -2.16. The molecule has 5 heteroatoms. The van der Waals surface area contributed by atoms with Crippen molar-refractivity contribution in [1.82, 2.24) is 23.7 Å². The van der Waals surface area contributed by atoms with Crippen molar-refractivity contribution in [2.24, 2.45) is 0 Å². The fourth-order valence-corrected chi connectivity index (χ4v) is 10.7. The number of hydrogen-bond donors (Lipinski definition) is 0. The van der Waals surface area contributed by atoms with E-state index in [1.165, 1.54) is 54.4 Å². The van der Waals surface area contributed by atoms with Crippen LogP contribution >= 0.6 is 0 Å². The summed E-state index contributed by atoms with van der Waals surface area (Å²) in [7, 11) is 0. The van der Waals surface area contributed by atoms with Crippen LogP contribution in [0.1, 0.15) is 0 Å². The Kier molecular flexibility index (Phi) is 8.83. The molecule has 0 bridgehead atoms. The van der Waals surface area contributed by atoms with Crippen LogP contribution in [0.25, 0.3) is 128 Å². The van der Waals surface area contributed by atoms with Crippen molar-refractivity contribution >= 4 is 65.4 Å². The summed E-state index contributed by atoms with van der Waals surface area (Å²) in [4.78, 5) is 10.2. The predicted octanol–water partition coefficient (Wildman–Crippen LogP) is 16.4. The molecule has 0 aliphatic heterocycles. The first-order valence-electron chi connectivity index (χ1n) is 23.5. The Labute approximate surface area is 398 Å². The monoisotopic (exact) mass is 879 g/mol. The molecule has 0 fully saturated rings. The Bertz CT molecular complexity index is 3990. The van der Waals surface area contributed by atoms with E-state index in [0.29, 0.717) is 5.82 Å². The van der Waals surface area contributed by atoms with Crippen molar-refractivity contribution in [3.63, 3.8) is 0 Å². The lowest BCUT2D eigenvalue weighted by molar-refractivity contribution is 1.13. The number of nitrogens with zero attached hydrogens (tertiary/aromatic N) is 5. The molecule has 10 aromatic carbocycles. The first kappa shape index (κ1) is 38.9. The number of para-hydroxylation sites is 5. The second-order valence-corrected chi connectivity index (χ2v) is 17.8. The van der Waals surface area contributed by atoms with Crippen molar-refractivity contribution in [1.29, 1.82) is 0 Å². The topological polar surface area (TPSA) is 40.6 Å². The lowest BCUT2D eigenvalue weighted by Crippen LogP contribution is -2.00. The van der Waals surface area contributed by atoms with E-state index in [1.807, 2.05) is 12.1 Å². The molecule has 0 unspecified atom stereocenters. The molecule has 0 radical (unpaired) electrons. The highest BCUT2D eigenvalue weighted by molar-refractivity contribution is 6.12. The van der Waals surface area contributed by atoms with Crippen molar-refractivity contribution in [3.05, 3.63) is 249 Å². The van der Waals surface area contributed by atoms with Crippen LogP contribution in [0.5, 0.6) is 0 Å². The van der Waals surface area contributed by atoms with E-state index in [4.69, 9.17) is 9.97 Å². The van der Waals surface area contributed by atoms with Gasteiger partial charge in [0.2, 0.25) is 0 Å². The van der Waals surface area contributed by atoms with Gasteiger partial charge in [-0.1, -0.05) is 158 Å². The highest BCUT2D eigenvalue weighted by Gasteiger charge is 2.19. The number of hydrogen-bond acceptors (Lipinski definition) is 2. The second kappa shape index (κ2) is 15.7. The molecule has 0 aliphatic carbocycles. The van der Waals surface area contributed by atoms with Crippen LogP contribution in [0.3, 0.4) is 0 Å². The van der Waals surface area contributed by atoms with Crippen LogP contribution in [-0.4, -0.2) is 23.7 Å². The maximum Gasteiger partial charge on any atom is 0.160 e. The van der Waals surface area contributed by atoms with Gasteiger partial charge in [-0.05, 0) is 102 Å². The zero-order chi connectivity index (χ0) is 45.4. The molecular weight excluding hydrogens is 839 g/mol. The van der Waals surface area contributed by atoms with Crippen LogP contribution in [0.15, 0.2) is 249 Å². The number of fused-ring (bicyclic) bond motifs is 9. The van der Waals surface area contributed by atoms with Gasteiger partial charge in [-0.3, -0.25) is 0 Å². The fraction of sp³-hybridized carbons (Fsp3) is 0. The molecule has 69 heavy (non-hydrogen) atoms. The van der Waals surface area contributed by atoms with E-state index in [2.05, 4.69) is 250 Å². The summed E-state index contributed by atoms with van der Waals surface area (Å²) in [6.45, 7) is 0. The Balaban J connectivity index is 0.936. The van der Waals surface area contributed by atoms with E-state index in [-0.39, 0.29) is 0 Å². The lowest BCUT2D eigenvalue weighted by atomic mass is 10.0. The van der Waals surface area contributed by atoms with Crippen molar-refractivity contribution < 1.29 is 0 Å². The van der Waals surface area contributed by atoms with Crippen LogP contribution in [0.4, 0.5) is 0 Å². The average molecular weight is 880 g/mol. The summed E-state index contributed by atoms with van der Waals surface area (Å²) in [5.41, 5.74) is 17.5. The minimum atomic E-state index is 0.692. The molecule has 0 spiro atoms. The highest BCUT2D eigenvalue weighted by Crippen LogP contribution is 2.40. The van der Waals surface area contributed by atoms with Gasteiger partial charge in [0.1, 0.15) is 0 Å². The fourth-order valence-electron chi connectivity index (χ4n) is 10.7. The zero-order valence-electron chi connectivity index (χ0n) is 37.4. The summed E-state index contributed by atoms with van der Waals surface area (Å²) in [6.07, 6.45) is 0. The van der Waals surface area contributed by atoms with E-state index in [0.717, 1.165) is 67.3 Å². The molecule has 14 rings (SSSR count). The molecule has 0 amide bonds. The van der Waals surface area contributed by atoms with Crippen LogP contribution in [-0.2, 0) is 0 Å². The molecule has 322 valence electrons. The minimum absolute atomic E-state index is 0.692. The average Bonchev–Trinajstić information content (AvgIpc) is 4.07. The van der Waals surface area contributed by atoms with Crippen LogP contribution in [0.2, 0.25) is 0 Å². The van der Waals surface area contributed by atoms with Gasteiger partial charge in [0, 0.05) is 66.1 Å². The Morgan fingerprint density at radius 2 is 0.580 bits per heavy atom. The Morgan fingerprint density at radius 1 is 0.217 bits per heavy atom. The van der Waals surface area contributed by atoms with E-state index in [9.17, 15) is 0 Å². The molecule has 0 aliphatic rings. The molecule has 5 nitrogen and oxygen atoms in total. The van der Waals surface area contributed by atoms with Crippen LogP contribution < -0.4 is 0 Å². The van der Waals surface area contributed by atoms with E-state index < -0.39 is 0 Å². The zero-order valence-corrected chi connectivity index (χ0v) is 37.4. The maximum absolute atomic E-state index is 5.11. The molecule has 4 aromatic heterocycles. The third-order valence-electron chi connectivity index (χ3n) is 13.8. The van der Waals surface area contributed by atoms with Gasteiger partial charge in [-0.25, -0.2) is 9.97 Å². The van der Waals surface area contributed by atoms with Crippen molar-refractivity contribution in [2.75, 3.05) is 0 Å². The van der Waals surface area contributed by atoms with Gasteiger partial charge in [-0.15, -0.1) is 0 Å². The van der Waals surface area contributed by atoms with Gasteiger partial charge in [0.05, 0.1) is 44.5 Å². The van der Waals surface area contributed by atoms with Gasteiger partial charge >= 0.3 is 0 Å². The molecular formula is C64H41N5. The predicted molar refractivity (Wildman–Crippen MR) is 287 cm³/mol. The first-order valence-corrected chi connectivity index (χ1v) is 23.5. The summed E-state index contributed by atoms with van der Waals surface area (Å²) in [5.74, 6) is 0.692. The third-order valence-corrected chi connectivity index (χ3v) is 13.8. The van der Waals surface area contributed by atoms with Gasteiger partial charge in [0.25, 0.3) is 0 Å². The number of rotatable bonds is 7. The number of aromatic nitrogens is 5.